The highest BCUT2D eigenvalue weighted by Crippen LogP contribution is 2.22. The molecule has 0 fully saturated rings. The largest absolute Gasteiger partial charge is 0.489 e. The van der Waals surface area contributed by atoms with E-state index in [4.69, 9.17) is 4.74 Å². The second-order valence-electron chi connectivity index (χ2n) is 6.47. The van der Waals surface area contributed by atoms with Gasteiger partial charge in [0.1, 0.15) is 12.4 Å². The van der Waals surface area contributed by atoms with E-state index in [9.17, 15) is 10.1 Å². The van der Waals surface area contributed by atoms with E-state index in [1.165, 1.54) is 23.3 Å². The monoisotopic (exact) mass is 362 g/mol. The Kier molecular flexibility index (Phi) is 5.71. The molecule has 0 aliphatic carbocycles. The van der Waals surface area contributed by atoms with Crippen molar-refractivity contribution in [2.75, 3.05) is 5.32 Å². The summed E-state index contributed by atoms with van der Waals surface area (Å²) in [5, 5.41) is 14.2. The summed E-state index contributed by atoms with van der Waals surface area (Å²) in [6.45, 7) is 5.21. The van der Waals surface area contributed by atoms with E-state index in [2.05, 4.69) is 37.4 Å². The van der Waals surface area contributed by atoms with Crippen molar-refractivity contribution in [2.24, 2.45) is 0 Å². The standard InChI is InChI=1S/C22H22N2O3/c1-16-7-10-20(13-17(16)2)23-14-19-5-3-4-6-22(19)27-15-18-8-11-21(12-9-18)24(25)26/h3-13,23H,14-15H2,1-2H3. The van der Waals surface area contributed by atoms with Crippen molar-refractivity contribution in [1.82, 2.24) is 0 Å². The van der Waals surface area contributed by atoms with Gasteiger partial charge in [-0.15, -0.1) is 0 Å². The maximum absolute atomic E-state index is 10.7. The van der Waals surface area contributed by atoms with Crippen molar-refractivity contribution < 1.29 is 9.66 Å². The van der Waals surface area contributed by atoms with Gasteiger partial charge in [0.2, 0.25) is 0 Å². The van der Waals surface area contributed by atoms with Crippen LogP contribution in [0.2, 0.25) is 0 Å². The highest BCUT2D eigenvalue weighted by Gasteiger charge is 2.07. The van der Waals surface area contributed by atoms with Crippen LogP contribution in [0, 0.1) is 24.0 Å². The number of benzene rings is 3. The van der Waals surface area contributed by atoms with Crippen LogP contribution in [-0.4, -0.2) is 4.92 Å². The van der Waals surface area contributed by atoms with Crippen LogP contribution in [0.1, 0.15) is 22.3 Å². The Morgan fingerprint density at radius 1 is 0.963 bits per heavy atom. The molecule has 0 saturated heterocycles. The molecule has 3 aromatic rings. The van der Waals surface area contributed by atoms with Crippen molar-refractivity contribution in [3.8, 4) is 5.75 Å². The van der Waals surface area contributed by atoms with Crippen LogP contribution in [0.3, 0.4) is 0 Å². The fourth-order valence-electron chi connectivity index (χ4n) is 2.71. The van der Waals surface area contributed by atoms with Gasteiger partial charge in [-0.2, -0.15) is 0 Å². The average Bonchev–Trinajstić information content (AvgIpc) is 2.68. The third-order valence-electron chi connectivity index (χ3n) is 4.50. The lowest BCUT2D eigenvalue weighted by atomic mass is 10.1. The molecule has 0 spiro atoms. The molecule has 27 heavy (non-hydrogen) atoms. The van der Waals surface area contributed by atoms with E-state index in [1.54, 1.807) is 12.1 Å². The van der Waals surface area contributed by atoms with Gasteiger partial charge in [-0.1, -0.05) is 24.3 Å². The highest BCUT2D eigenvalue weighted by atomic mass is 16.6. The summed E-state index contributed by atoms with van der Waals surface area (Å²) in [7, 11) is 0. The number of hydrogen-bond acceptors (Lipinski definition) is 4. The maximum Gasteiger partial charge on any atom is 0.269 e. The van der Waals surface area contributed by atoms with Crippen molar-refractivity contribution in [2.45, 2.75) is 27.0 Å². The van der Waals surface area contributed by atoms with Gasteiger partial charge in [0.15, 0.2) is 0 Å². The molecule has 0 aromatic heterocycles. The van der Waals surface area contributed by atoms with E-state index in [0.29, 0.717) is 13.2 Å². The first-order chi connectivity index (χ1) is 13.0. The molecule has 0 aliphatic rings. The van der Waals surface area contributed by atoms with E-state index >= 15 is 0 Å². The van der Waals surface area contributed by atoms with Crippen molar-refractivity contribution in [3.05, 3.63) is 99.1 Å². The molecular weight excluding hydrogens is 340 g/mol. The summed E-state index contributed by atoms with van der Waals surface area (Å²) in [6, 6.07) is 20.6. The second-order valence-corrected chi connectivity index (χ2v) is 6.47. The second kappa shape index (κ2) is 8.36. The lowest BCUT2D eigenvalue weighted by Gasteiger charge is -2.13. The Morgan fingerprint density at radius 2 is 1.70 bits per heavy atom. The topological polar surface area (TPSA) is 64.4 Å². The minimum Gasteiger partial charge on any atom is -0.489 e. The predicted octanol–water partition coefficient (Wildman–Crippen LogP) is 5.40. The van der Waals surface area contributed by atoms with Crippen LogP contribution in [0.15, 0.2) is 66.7 Å². The number of anilines is 1. The number of non-ortho nitro benzene ring substituents is 1. The number of nitrogens with one attached hydrogen (secondary N) is 1. The lowest BCUT2D eigenvalue weighted by molar-refractivity contribution is -0.384. The van der Waals surface area contributed by atoms with Crippen LogP contribution in [-0.2, 0) is 13.2 Å². The summed E-state index contributed by atoms with van der Waals surface area (Å²) < 4.78 is 5.94. The molecule has 0 atom stereocenters. The summed E-state index contributed by atoms with van der Waals surface area (Å²) in [6.07, 6.45) is 0. The fourth-order valence-corrected chi connectivity index (χ4v) is 2.71. The molecule has 0 heterocycles. The molecule has 5 nitrogen and oxygen atoms in total. The Bertz CT molecular complexity index is 937. The van der Waals surface area contributed by atoms with Gasteiger partial charge in [0, 0.05) is 29.9 Å². The van der Waals surface area contributed by atoms with Gasteiger partial charge in [-0.25, -0.2) is 0 Å². The average molecular weight is 362 g/mol. The normalized spacial score (nSPS) is 10.4. The van der Waals surface area contributed by atoms with Crippen LogP contribution in [0.4, 0.5) is 11.4 Å². The zero-order chi connectivity index (χ0) is 19.2. The molecule has 0 saturated carbocycles. The number of nitro groups is 1. The molecule has 3 aromatic carbocycles. The van der Waals surface area contributed by atoms with Gasteiger partial charge < -0.3 is 10.1 Å². The van der Waals surface area contributed by atoms with E-state index < -0.39 is 4.92 Å². The quantitative estimate of drug-likeness (QED) is 0.451. The van der Waals surface area contributed by atoms with E-state index in [1.807, 2.05) is 24.3 Å². The summed E-state index contributed by atoms with van der Waals surface area (Å²) in [5.41, 5.74) is 5.62. The van der Waals surface area contributed by atoms with Crippen molar-refractivity contribution in [3.63, 3.8) is 0 Å². The summed E-state index contributed by atoms with van der Waals surface area (Å²) in [5.74, 6) is 0.798. The smallest absolute Gasteiger partial charge is 0.269 e. The van der Waals surface area contributed by atoms with Crippen molar-refractivity contribution in [1.29, 1.82) is 0 Å². The van der Waals surface area contributed by atoms with Crippen LogP contribution < -0.4 is 10.1 Å². The zero-order valence-electron chi connectivity index (χ0n) is 15.4. The number of nitro benzene ring substituents is 1. The Balaban J connectivity index is 1.64. The van der Waals surface area contributed by atoms with E-state index in [0.717, 1.165) is 22.6 Å². The molecule has 138 valence electrons. The predicted molar refractivity (Wildman–Crippen MR) is 107 cm³/mol. The third-order valence-corrected chi connectivity index (χ3v) is 4.50. The lowest BCUT2D eigenvalue weighted by Crippen LogP contribution is -2.04. The molecule has 3 rings (SSSR count). The molecule has 5 heteroatoms. The summed E-state index contributed by atoms with van der Waals surface area (Å²) in [4.78, 5) is 10.3. The fraction of sp³-hybridized carbons (Fsp3) is 0.182. The highest BCUT2D eigenvalue weighted by molar-refractivity contribution is 5.49. The van der Waals surface area contributed by atoms with E-state index in [-0.39, 0.29) is 5.69 Å². The molecule has 0 aliphatic heterocycles. The molecular formula is C22H22N2O3. The van der Waals surface area contributed by atoms with Gasteiger partial charge in [0.05, 0.1) is 4.92 Å². The number of hydrogen-bond donors (Lipinski definition) is 1. The Hall–Kier alpha value is -3.34. The number of rotatable bonds is 7. The number of nitrogens with zero attached hydrogens (tertiary/aromatic N) is 1. The molecule has 1 N–H and O–H groups in total. The zero-order valence-corrected chi connectivity index (χ0v) is 15.4. The summed E-state index contributed by atoms with van der Waals surface area (Å²) >= 11 is 0. The Labute approximate surface area is 158 Å². The number of para-hydroxylation sites is 1. The third kappa shape index (κ3) is 4.85. The van der Waals surface area contributed by atoms with Gasteiger partial charge in [0.25, 0.3) is 5.69 Å². The number of ether oxygens (including phenoxy) is 1. The first-order valence-electron chi connectivity index (χ1n) is 8.78. The Morgan fingerprint density at radius 3 is 2.41 bits per heavy atom. The first-order valence-corrected chi connectivity index (χ1v) is 8.78. The maximum atomic E-state index is 10.7. The molecule has 0 amide bonds. The SMILES string of the molecule is Cc1ccc(NCc2ccccc2OCc2ccc([N+](=O)[O-])cc2)cc1C. The van der Waals surface area contributed by atoms with Gasteiger partial charge >= 0.3 is 0 Å². The van der Waals surface area contributed by atoms with Gasteiger partial charge in [-0.05, 0) is 60.9 Å². The van der Waals surface area contributed by atoms with Gasteiger partial charge in [-0.3, -0.25) is 10.1 Å². The molecule has 0 radical (unpaired) electrons. The van der Waals surface area contributed by atoms with Crippen LogP contribution in [0.5, 0.6) is 5.75 Å². The van der Waals surface area contributed by atoms with Crippen LogP contribution in [0.25, 0.3) is 0 Å². The first kappa shape index (κ1) is 18.5. The minimum atomic E-state index is -0.404. The number of aryl methyl sites for hydroxylation is 2. The van der Waals surface area contributed by atoms with Crippen molar-refractivity contribution >= 4 is 11.4 Å². The molecule has 0 unspecified atom stereocenters. The van der Waals surface area contributed by atoms with Crippen LogP contribution >= 0.6 is 0 Å². The molecule has 0 bridgehead atoms. The minimum absolute atomic E-state index is 0.0803.